The van der Waals surface area contributed by atoms with Crippen molar-refractivity contribution in [2.75, 3.05) is 36.1 Å². The number of urea groups is 1. The van der Waals surface area contributed by atoms with Crippen LogP contribution >= 0.6 is 0 Å². The molecule has 3 N–H and O–H groups in total. The summed E-state index contributed by atoms with van der Waals surface area (Å²) >= 11 is 0. The Morgan fingerprint density at radius 2 is 1.69 bits per heavy atom. The predicted octanol–water partition coefficient (Wildman–Crippen LogP) is 4.55. The Bertz CT molecular complexity index is 1600. The SMILES string of the molecule is CC(Oc1ccc(N2CCN(N(C(N)=O)c3ccc(C(F)(F)F)cc3)CC2)cc1)C(O)(Cn1cncn1)c1ccc(F)cc1F. The number of carbonyl (C=O) groups excluding carboxylic acids is 1. The summed E-state index contributed by atoms with van der Waals surface area (Å²) in [5.41, 5.74) is 3.70. The molecule has 238 valence electrons. The molecule has 5 rings (SSSR count). The first-order valence-electron chi connectivity index (χ1n) is 13.9. The number of carbonyl (C=O) groups is 1. The molecular weight excluding hydrogens is 601 g/mol. The lowest BCUT2D eigenvalue weighted by molar-refractivity contribution is -0.137. The molecule has 2 amide bonds. The van der Waals surface area contributed by atoms with E-state index in [0.29, 0.717) is 38.0 Å². The molecule has 0 spiro atoms. The minimum atomic E-state index is -4.50. The maximum Gasteiger partial charge on any atom is 0.416 e. The summed E-state index contributed by atoms with van der Waals surface area (Å²) in [5.74, 6) is -1.34. The molecule has 3 aromatic carbocycles. The Morgan fingerprint density at radius 3 is 2.24 bits per heavy atom. The van der Waals surface area contributed by atoms with Crippen molar-refractivity contribution in [1.29, 1.82) is 0 Å². The summed E-state index contributed by atoms with van der Waals surface area (Å²) in [6.07, 6.45) is -2.88. The number of halogens is 5. The number of hydrogen-bond acceptors (Lipinski definition) is 7. The second kappa shape index (κ2) is 12.7. The summed E-state index contributed by atoms with van der Waals surface area (Å²) < 4.78 is 74.7. The van der Waals surface area contributed by atoms with Gasteiger partial charge in [-0.3, -0.25) is 0 Å². The molecule has 2 unspecified atom stereocenters. The number of piperazine rings is 1. The number of hydrogen-bond donors (Lipinski definition) is 2. The fourth-order valence-electron chi connectivity index (χ4n) is 5.25. The second-order valence-corrected chi connectivity index (χ2v) is 10.5. The molecule has 2 atom stereocenters. The third-order valence-corrected chi connectivity index (χ3v) is 7.64. The molecule has 2 heterocycles. The summed E-state index contributed by atoms with van der Waals surface area (Å²) in [5, 5.41) is 18.5. The van der Waals surface area contributed by atoms with Crippen LogP contribution in [0, 0.1) is 11.6 Å². The summed E-state index contributed by atoms with van der Waals surface area (Å²) in [6.45, 7) is 3.02. The van der Waals surface area contributed by atoms with E-state index < -0.39 is 41.1 Å². The van der Waals surface area contributed by atoms with Crippen molar-refractivity contribution in [3.8, 4) is 5.75 Å². The third-order valence-electron chi connectivity index (χ3n) is 7.64. The van der Waals surface area contributed by atoms with Gasteiger partial charge in [-0.25, -0.2) is 33.3 Å². The van der Waals surface area contributed by atoms with Gasteiger partial charge in [0, 0.05) is 43.5 Å². The number of aliphatic hydroxyl groups is 1. The molecule has 0 bridgehead atoms. The van der Waals surface area contributed by atoms with Gasteiger partial charge in [-0.2, -0.15) is 18.3 Å². The molecule has 0 radical (unpaired) electrons. The molecule has 10 nitrogen and oxygen atoms in total. The zero-order chi connectivity index (χ0) is 32.4. The normalized spacial score (nSPS) is 16.2. The number of aromatic nitrogens is 3. The monoisotopic (exact) mass is 631 g/mol. The van der Waals surface area contributed by atoms with Gasteiger partial charge >= 0.3 is 12.2 Å². The first-order valence-corrected chi connectivity index (χ1v) is 13.9. The van der Waals surface area contributed by atoms with Crippen molar-refractivity contribution in [2.45, 2.75) is 31.3 Å². The molecule has 4 aromatic rings. The van der Waals surface area contributed by atoms with Crippen LogP contribution in [0.3, 0.4) is 0 Å². The minimum Gasteiger partial charge on any atom is -0.487 e. The average molecular weight is 632 g/mol. The lowest BCUT2D eigenvalue weighted by Crippen LogP contribution is -2.57. The van der Waals surface area contributed by atoms with Crippen molar-refractivity contribution in [3.63, 3.8) is 0 Å². The molecular formula is C30H30F5N7O3. The number of hydrazine groups is 1. The Hall–Kier alpha value is -4.76. The molecule has 1 fully saturated rings. The molecule has 45 heavy (non-hydrogen) atoms. The quantitative estimate of drug-likeness (QED) is 0.261. The van der Waals surface area contributed by atoms with E-state index in [-0.39, 0.29) is 17.8 Å². The summed E-state index contributed by atoms with van der Waals surface area (Å²) in [4.78, 5) is 18.1. The van der Waals surface area contributed by atoms with Gasteiger partial charge in [0.15, 0.2) is 0 Å². The van der Waals surface area contributed by atoms with Gasteiger partial charge in [-0.05, 0) is 61.5 Å². The van der Waals surface area contributed by atoms with E-state index in [2.05, 4.69) is 10.1 Å². The third kappa shape index (κ3) is 6.99. The van der Waals surface area contributed by atoms with Gasteiger partial charge in [0.1, 0.15) is 41.7 Å². The van der Waals surface area contributed by atoms with Gasteiger partial charge in [0.2, 0.25) is 0 Å². The van der Waals surface area contributed by atoms with Crippen LogP contribution in [0.25, 0.3) is 0 Å². The average Bonchev–Trinajstić information content (AvgIpc) is 3.50. The maximum atomic E-state index is 14.8. The molecule has 1 aliphatic heterocycles. The number of ether oxygens (including phenoxy) is 1. The van der Waals surface area contributed by atoms with E-state index in [1.54, 1.807) is 36.2 Å². The highest BCUT2D eigenvalue weighted by atomic mass is 19.4. The molecule has 0 saturated carbocycles. The number of nitrogens with zero attached hydrogens (tertiary/aromatic N) is 6. The van der Waals surface area contributed by atoms with E-state index in [1.807, 2.05) is 4.90 Å². The van der Waals surface area contributed by atoms with Crippen LogP contribution in [0.4, 0.5) is 38.1 Å². The molecule has 1 aliphatic rings. The van der Waals surface area contributed by atoms with Gasteiger partial charge in [-0.1, -0.05) is 6.07 Å². The van der Waals surface area contributed by atoms with Crippen molar-refractivity contribution >= 4 is 17.4 Å². The Kier molecular flexibility index (Phi) is 8.93. The number of rotatable bonds is 9. The Labute approximate surface area is 255 Å². The fraction of sp³-hybridized carbons (Fsp3) is 0.300. The van der Waals surface area contributed by atoms with Crippen LogP contribution < -0.4 is 20.4 Å². The number of amides is 2. The maximum absolute atomic E-state index is 14.8. The first-order chi connectivity index (χ1) is 21.3. The molecule has 1 aromatic heterocycles. The van der Waals surface area contributed by atoms with Crippen LogP contribution in [0.2, 0.25) is 0 Å². The highest BCUT2D eigenvalue weighted by molar-refractivity contribution is 5.89. The van der Waals surface area contributed by atoms with E-state index >= 15 is 0 Å². The minimum absolute atomic E-state index is 0.164. The smallest absolute Gasteiger partial charge is 0.416 e. The molecule has 15 heteroatoms. The summed E-state index contributed by atoms with van der Waals surface area (Å²) in [7, 11) is 0. The van der Waals surface area contributed by atoms with Gasteiger partial charge in [-0.15, -0.1) is 0 Å². The lowest BCUT2D eigenvalue weighted by atomic mass is 9.88. The predicted molar refractivity (Wildman–Crippen MR) is 154 cm³/mol. The van der Waals surface area contributed by atoms with E-state index in [0.717, 1.165) is 23.9 Å². The van der Waals surface area contributed by atoms with Gasteiger partial charge < -0.3 is 20.5 Å². The zero-order valence-corrected chi connectivity index (χ0v) is 24.0. The molecule has 0 aliphatic carbocycles. The van der Waals surface area contributed by atoms with E-state index in [4.69, 9.17) is 10.5 Å². The first kappa shape index (κ1) is 31.7. The van der Waals surface area contributed by atoms with Gasteiger partial charge in [0.25, 0.3) is 0 Å². The standard InChI is InChI=1S/C30H30F5N7O3/c1-20(29(44,17-40-19-37-18-38-40)26-11-4-22(31)16-27(26)32)45-25-9-7-23(8-10-25)39-12-14-41(15-13-39)42(28(36)43)24-5-2-21(3-6-24)30(33,34)35/h2-11,16,18-20,44H,12-15,17H2,1H3,(H2,36,43). The van der Waals surface area contributed by atoms with Crippen molar-refractivity contribution < 1.29 is 36.6 Å². The van der Waals surface area contributed by atoms with Crippen LogP contribution in [-0.2, 0) is 18.3 Å². The van der Waals surface area contributed by atoms with Crippen LogP contribution in [-0.4, -0.2) is 63.2 Å². The van der Waals surface area contributed by atoms with Crippen molar-refractivity contribution in [1.82, 2.24) is 19.8 Å². The number of nitrogens with two attached hydrogens (primary N) is 1. The fourth-order valence-corrected chi connectivity index (χ4v) is 5.25. The Morgan fingerprint density at radius 1 is 1.02 bits per heavy atom. The van der Waals surface area contributed by atoms with E-state index in [9.17, 15) is 31.9 Å². The van der Waals surface area contributed by atoms with Crippen molar-refractivity contribution in [3.05, 3.63) is 102 Å². The van der Waals surface area contributed by atoms with E-state index in [1.165, 1.54) is 40.5 Å². The topological polar surface area (TPSA) is 113 Å². The number of primary amides is 1. The highest BCUT2D eigenvalue weighted by Gasteiger charge is 2.41. The molecule has 1 saturated heterocycles. The second-order valence-electron chi connectivity index (χ2n) is 10.5. The summed E-state index contributed by atoms with van der Waals surface area (Å²) in [6, 6.07) is 13.3. The largest absolute Gasteiger partial charge is 0.487 e. The number of alkyl halides is 3. The number of benzene rings is 3. The van der Waals surface area contributed by atoms with Crippen LogP contribution in [0.5, 0.6) is 5.75 Å². The van der Waals surface area contributed by atoms with Crippen LogP contribution in [0.15, 0.2) is 79.4 Å². The van der Waals surface area contributed by atoms with Crippen LogP contribution in [0.1, 0.15) is 18.1 Å². The lowest BCUT2D eigenvalue weighted by Gasteiger charge is -2.41. The zero-order valence-electron chi connectivity index (χ0n) is 24.0. The highest BCUT2D eigenvalue weighted by Crippen LogP contribution is 2.34. The number of anilines is 2. The van der Waals surface area contributed by atoms with Gasteiger partial charge in [0.05, 0.1) is 17.8 Å². The Balaban J connectivity index is 1.25. The van der Waals surface area contributed by atoms with Crippen molar-refractivity contribution in [2.24, 2.45) is 5.73 Å².